The van der Waals surface area contributed by atoms with Crippen LogP contribution in [0.25, 0.3) is 0 Å². The molecular weight excluding hydrogens is 268 g/mol. The van der Waals surface area contributed by atoms with Crippen molar-refractivity contribution in [3.05, 3.63) is 28.7 Å². The molecule has 1 aromatic carbocycles. The van der Waals surface area contributed by atoms with Crippen molar-refractivity contribution in [2.24, 2.45) is 0 Å². The summed E-state index contributed by atoms with van der Waals surface area (Å²) in [5, 5.41) is 12.7. The van der Waals surface area contributed by atoms with Gasteiger partial charge in [-0.05, 0) is 31.7 Å². The summed E-state index contributed by atoms with van der Waals surface area (Å²) < 4.78 is 1.09. The third-order valence-corrected chi connectivity index (χ3v) is 3.85. The molecule has 1 aliphatic heterocycles. The van der Waals surface area contributed by atoms with Crippen LogP contribution in [0.1, 0.15) is 6.42 Å². The molecule has 0 amide bonds. The summed E-state index contributed by atoms with van der Waals surface area (Å²) in [4.78, 5) is 2.30. The predicted molar refractivity (Wildman–Crippen MR) is 69.8 cm³/mol. The van der Waals surface area contributed by atoms with Crippen LogP contribution in [0.15, 0.2) is 28.7 Å². The van der Waals surface area contributed by atoms with E-state index in [1.807, 2.05) is 19.2 Å². The molecule has 1 aliphatic rings. The smallest absolute Gasteiger partial charge is 0.0631 e. The maximum Gasteiger partial charge on any atom is 0.0631 e. The molecule has 0 spiro atoms. The van der Waals surface area contributed by atoms with Gasteiger partial charge in [-0.25, -0.2) is 0 Å². The van der Waals surface area contributed by atoms with Crippen molar-refractivity contribution in [3.63, 3.8) is 0 Å². The van der Waals surface area contributed by atoms with Gasteiger partial charge in [-0.2, -0.15) is 0 Å². The molecule has 1 unspecified atom stereocenters. The van der Waals surface area contributed by atoms with Gasteiger partial charge in [-0.15, -0.1) is 0 Å². The monoisotopic (exact) mass is 284 g/mol. The molecule has 0 bridgehead atoms. The maximum absolute atomic E-state index is 9.44. The van der Waals surface area contributed by atoms with Gasteiger partial charge in [0, 0.05) is 23.2 Å². The Kier molecular flexibility index (Phi) is 3.52. The number of anilines is 1. The molecule has 16 heavy (non-hydrogen) atoms. The fraction of sp³-hybridized carbons (Fsp3) is 0.500. The Hall–Kier alpha value is -0.580. The standard InChI is InChI=1S/C12H17BrN2O/c1-14-12(9-16)5-6-15(8-12)11-4-2-3-10(13)7-11/h2-4,7,14,16H,5-6,8-9H2,1H3. The van der Waals surface area contributed by atoms with Crippen molar-refractivity contribution in [1.82, 2.24) is 5.32 Å². The van der Waals surface area contributed by atoms with E-state index in [0.717, 1.165) is 24.0 Å². The van der Waals surface area contributed by atoms with Gasteiger partial charge in [0.05, 0.1) is 12.1 Å². The highest BCUT2D eigenvalue weighted by Crippen LogP contribution is 2.28. The molecule has 2 rings (SSSR count). The molecule has 0 radical (unpaired) electrons. The first kappa shape index (κ1) is 11.9. The zero-order valence-corrected chi connectivity index (χ0v) is 11.0. The minimum absolute atomic E-state index is 0.137. The molecule has 1 atom stereocenters. The van der Waals surface area contributed by atoms with Crippen LogP contribution in [0.5, 0.6) is 0 Å². The fourth-order valence-corrected chi connectivity index (χ4v) is 2.56. The summed E-state index contributed by atoms with van der Waals surface area (Å²) in [5.74, 6) is 0. The van der Waals surface area contributed by atoms with E-state index < -0.39 is 0 Å². The number of hydrogen-bond acceptors (Lipinski definition) is 3. The highest BCUT2D eigenvalue weighted by molar-refractivity contribution is 9.10. The van der Waals surface area contributed by atoms with Gasteiger partial charge in [-0.1, -0.05) is 22.0 Å². The number of benzene rings is 1. The van der Waals surface area contributed by atoms with Crippen molar-refractivity contribution >= 4 is 21.6 Å². The number of halogens is 1. The van der Waals surface area contributed by atoms with Crippen LogP contribution < -0.4 is 10.2 Å². The normalized spacial score (nSPS) is 25.1. The Bertz CT molecular complexity index is 366. The molecule has 1 fully saturated rings. The lowest BCUT2D eigenvalue weighted by molar-refractivity contribution is 0.184. The fourth-order valence-electron chi connectivity index (χ4n) is 2.18. The molecule has 1 aromatic rings. The first-order valence-corrected chi connectivity index (χ1v) is 6.29. The molecule has 2 N–H and O–H groups in total. The van der Waals surface area contributed by atoms with Crippen molar-refractivity contribution in [2.45, 2.75) is 12.0 Å². The molecule has 0 saturated carbocycles. The van der Waals surface area contributed by atoms with Crippen molar-refractivity contribution in [2.75, 3.05) is 31.6 Å². The van der Waals surface area contributed by atoms with E-state index >= 15 is 0 Å². The largest absolute Gasteiger partial charge is 0.394 e. The molecule has 1 saturated heterocycles. The Balaban J connectivity index is 2.14. The van der Waals surface area contributed by atoms with Crippen LogP contribution in [0, 0.1) is 0 Å². The number of nitrogens with one attached hydrogen (secondary N) is 1. The lowest BCUT2D eigenvalue weighted by atomic mass is 10.0. The quantitative estimate of drug-likeness (QED) is 0.885. The molecule has 0 aliphatic carbocycles. The van der Waals surface area contributed by atoms with Crippen LogP contribution in [0.3, 0.4) is 0 Å². The third-order valence-electron chi connectivity index (χ3n) is 3.36. The number of nitrogens with zero attached hydrogens (tertiary/aromatic N) is 1. The van der Waals surface area contributed by atoms with Gasteiger partial charge >= 0.3 is 0 Å². The summed E-state index contributed by atoms with van der Waals surface area (Å²) >= 11 is 3.48. The van der Waals surface area contributed by atoms with Crippen LogP contribution in [-0.4, -0.2) is 37.4 Å². The van der Waals surface area contributed by atoms with Gasteiger partial charge in [-0.3, -0.25) is 0 Å². The third kappa shape index (κ3) is 2.24. The second-order valence-corrected chi connectivity index (χ2v) is 5.26. The number of likely N-dealkylation sites (N-methyl/N-ethyl adjacent to an activating group) is 1. The van der Waals surface area contributed by atoms with Crippen LogP contribution in [-0.2, 0) is 0 Å². The Morgan fingerprint density at radius 1 is 1.56 bits per heavy atom. The minimum atomic E-state index is -0.137. The van der Waals surface area contributed by atoms with E-state index in [0.29, 0.717) is 0 Å². The van der Waals surface area contributed by atoms with E-state index in [4.69, 9.17) is 0 Å². The Morgan fingerprint density at radius 3 is 2.94 bits per heavy atom. The number of hydrogen-bond donors (Lipinski definition) is 2. The summed E-state index contributed by atoms with van der Waals surface area (Å²) in [7, 11) is 1.92. The molecule has 4 heteroatoms. The zero-order chi connectivity index (χ0) is 11.6. The topological polar surface area (TPSA) is 35.5 Å². The maximum atomic E-state index is 9.44. The first-order chi connectivity index (χ1) is 7.69. The van der Waals surface area contributed by atoms with Crippen LogP contribution in [0.2, 0.25) is 0 Å². The van der Waals surface area contributed by atoms with E-state index in [2.05, 4.69) is 38.3 Å². The van der Waals surface area contributed by atoms with Gasteiger partial charge in [0.15, 0.2) is 0 Å². The van der Waals surface area contributed by atoms with E-state index in [-0.39, 0.29) is 12.1 Å². The highest BCUT2D eigenvalue weighted by atomic mass is 79.9. The number of aliphatic hydroxyl groups is 1. The highest BCUT2D eigenvalue weighted by Gasteiger charge is 2.36. The van der Waals surface area contributed by atoms with Gasteiger partial charge in [0.25, 0.3) is 0 Å². The summed E-state index contributed by atoms with van der Waals surface area (Å²) in [6, 6.07) is 8.28. The van der Waals surface area contributed by atoms with Gasteiger partial charge in [0.1, 0.15) is 0 Å². The average Bonchev–Trinajstić information content (AvgIpc) is 2.74. The number of aliphatic hydroxyl groups excluding tert-OH is 1. The minimum Gasteiger partial charge on any atom is -0.394 e. The molecule has 88 valence electrons. The van der Waals surface area contributed by atoms with E-state index in [1.165, 1.54) is 5.69 Å². The predicted octanol–water partition coefficient (Wildman–Crippen LogP) is 1.61. The van der Waals surface area contributed by atoms with Crippen molar-refractivity contribution in [3.8, 4) is 0 Å². The van der Waals surface area contributed by atoms with Crippen LogP contribution >= 0.6 is 15.9 Å². The van der Waals surface area contributed by atoms with E-state index in [1.54, 1.807) is 0 Å². The van der Waals surface area contributed by atoms with Gasteiger partial charge < -0.3 is 15.3 Å². The lowest BCUT2D eigenvalue weighted by Gasteiger charge is -2.27. The zero-order valence-electron chi connectivity index (χ0n) is 9.41. The SMILES string of the molecule is CNC1(CO)CCN(c2cccc(Br)c2)C1. The second-order valence-electron chi connectivity index (χ2n) is 4.34. The van der Waals surface area contributed by atoms with E-state index in [9.17, 15) is 5.11 Å². The van der Waals surface area contributed by atoms with Crippen molar-refractivity contribution < 1.29 is 5.11 Å². The van der Waals surface area contributed by atoms with Crippen LogP contribution in [0.4, 0.5) is 5.69 Å². The Morgan fingerprint density at radius 2 is 2.38 bits per heavy atom. The average molecular weight is 285 g/mol. The molecule has 3 nitrogen and oxygen atoms in total. The lowest BCUT2D eigenvalue weighted by Crippen LogP contribution is -2.48. The summed E-state index contributed by atoms with van der Waals surface area (Å²) in [6.07, 6.45) is 0.979. The molecule has 1 heterocycles. The first-order valence-electron chi connectivity index (χ1n) is 5.49. The Labute approximate surface area is 105 Å². The number of rotatable bonds is 3. The molecule has 0 aromatic heterocycles. The van der Waals surface area contributed by atoms with Crippen molar-refractivity contribution in [1.29, 1.82) is 0 Å². The molecular formula is C12H17BrN2O. The van der Waals surface area contributed by atoms with Gasteiger partial charge in [0.2, 0.25) is 0 Å². The second kappa shape index (κ2) is 4.73. The summed E-state index contributed by atoms with van der Waals surface area (Å²) in [5.41, 5.74) is 1.07. The summed E-state index contributed by atoms with van der Waals surface area (Å²) in [6.45, 7) is 2.03.